The van der Waals surface area contributed by atoms with E-state index in [1.807, 2.05) is 6.26 Å². The highest BCUT2D eigenvalue weighted by atomic mass is 35.5. The van der Waals surface area contributed by atoms with E-state index in [9.17, 15) is 26.3 Å². The standard InChI is InChI=1S/C20H18ClF6N7S/c1-35-34-6-4-11(5-7-34)30-18-28-8-12(19(22,23)24)16(32-18)13-9-33(10-29-13)14-2-3-15(21)31-17(14)20(25,26)27/h2-3,8-11H,4-7H2,1H3,(H,28,30,32). The van der Waals surface area contributed by atoms with Crippen molar-refractivity contribution in [3.63, 3.8) is 0 Å². The van der Waals surface area contributed by atoms with E-state index < -0.39 is 35.0 Å². The van der Waals surface area contributed by atoms with Crippen LogP contribution in [0.3, 0.4) is 0 Å². The lowest BCUT2D eigenvalue weighted by Crippen LogP contribution is -2.35. The van der Waals surface area contributed by atoms with Gasteiger partial charge in [-0.3, -0.25) is 4.31 Å². The molecule has 4 rings (SSSR count). The van der Waals surface area contributed by atoms with Crippen LogP contribution in [0.15, 0.2) is 30.9 Å². The third kappa shape index (κ3) is 5.81. The highest BCUT2D eigenvalue weighted by molar-refractivity contribution is 7.96. The first kappa shape index (κ1) is 25.5. The van der Waals surface area contributed by atoms with Crippen molar-refractivity contribution in [2.75, 3.05) is 24.7 Å². The number of pyridine rings is 1. The number of hydrogen-bond donors (Lipinski definition) is 1. The highest BCUT2D eigenvalue weighted by Gasteiger charge is 2.38. The van der Waals surface area contributed by atoms with Gasteiger partial charge in [-0.2, -0.15) is 26.3 Å². The smallest absolute Gasteiger partial charge is 0.351 e. The zero-order chi connectivity index (χ0) is 25.4. The lowest BCUT2D eigenvalue weighted by molar-refractivity contribution is -0.141. The van der Waals surface area contributed by atoms with Crippen LogP contribution in [0.4, 0.5) is 32.3 Å². The van der Waals surface area contributed by atoms with Crippen molar-refractivity contribution in [2.45, 2.75) is 31.2 Å². The van der Waals surface area contributed by atoms with Crippen LogP contribution in [0.2, 0.25) is 5.15 Å². The van der Waals surface area contributed by atoms with Crippen molar-refractivity contribution in [2.24, 2.45) is 0 Å². The summed E-state index contributed by atoms with van der Waals surface area (Å²) in [6, 6.07) is 2.17. The van der Waals surface area contributed by atoms with Crippen LogP contribution in [-0.4, -0.2) is 54.2 Å². The number of halogens is 7. The van der Waals surface area contributed by atoms with Crippen molar-refractivity contribution in [1.82, 2.24) is 28.8 Å². The van der Waals surface area contributed by atoms with Gasteiger partial charge in [0.2, 0.25) is 5.95 Å². The summed E-state index contributed by atoms with van der Waals surface area (Å²) in [5, 5.41) is 2.68. The van der Waals surface area contributed by atoms with Crippen molar-refractivity contribution < 1.29 is 26.3 Å². The number of piperidine rings is 1. The molecule has 0 bridgehead atoms. The normalized spacial score (nSPS) is 16.0. The topological polar surface area (TPSA) is 71.8 Å². The zero-order valence-electron chi connectivity index (χ0n) is 18.0. The van der Waals surface area contributed by atoms with Gasteiger partial charge in [-0.15, -0.1) is 0 Å². The Hall–Kier alpha value is -2.58. The summed E-state index contributed by atoms with van der Waals surface area (Å²) in [5.74, 6) is -0.0192. The first-order chi connectivity index (χ1) is 16.5. The van der Waals surface area contributed by atoms with Crippen LogP contribution in [0.25, 0.3) is 17.1 Å². The fraction of sp³-hybridized carbons (Fsp3) is 0.400. The number of nitrogens with one attached hydrogen (secondary N) is 1. The molecule has 0 unspecified atom stereocenters. The molecule has 1 aliphatic rings. The van der Waals surface area contributed by atoms with Crippen LogP contribution in [0, 0.1) is 0 Å². The molecule has 15 heteroatoms. The van der Waals surface area contributed by atoms with E-state index in [-0.39, 0.29) is 22.8 Å². The largest absolute Gasteiger partial charge is 0.435 e. The molecule has 0 saturated carbocycles. The maximum Gasteiger partial charge on any atom is 0.435 e. The number of alkyl halides is 6. The molecule has 0 atom stereocenters. The second-order valence-electron chi connectivity index (χ2n) is 7.65. The molecule has 0 aliphatic carbocycles. The minimum absolute atomic E-state index is 0.0192. The van der Waals surface area contributed by atoms with Crippen molar-refractivity contribution in [1.29, 1.82) is 0 Å². The lowest BCUT2D eigenvalue weighted by atomic mass is 10.1. The lowest BCUT2D eigenvalue weighted by Gasteiger charge is -2.30. The van der Waals surface area contributed by atoms with Crippen molar-refractivity contribution in [3.05, 3.63) is 47.3 Å². The maximum atomic E-state index is 13.7. The fourth-order valence-electron chi connectivity index (χ4n) is 3.64. The molecule has 1 saturated heterocycles. The summed E-state index contributed by atoms with van der Waals surface area (Å²) in [6.45, 7) is 1.60. The second kappa shape index (κ2) is 9.82. The predicted octanol–water partition coefficient (Wildman–Crippen LogP) is 5.57. The summed E-state index contributed by atoms with van der Waals surface area (Å²) in [5.41, 5.74) is -3.72. The molecule has 35 heavy (non-hydrogen) atoms. The predicted molar refractivity (Wildman–Crippen MR) is 119 cm³/mol. The van der Waals surface area contributed by atoms with Crippen molar-refractivity contribution in [3.8, 4) is 17.1 Å². The molecule has 188 valence electrons. The van der Waals surface area contributed by atoms with E-state index in [4.69, 9.17) is 11.6 Å². The van der Waals surface area contributed by atoms with Gasteiger partial charge in [0.05, 0.1) is 5.69 Å². The Morgan fingerprint density at radius 1 is 1.03 bits per heavy atom. The first-order valence-electron chi connectivity index (χ1n) is 10.2. The molecule has 0 spiro atoms. The monoisotopic (exact) mass is 537 g/mol. The van der Waals surface area contributed by atoms with Gasteiger partial charge in [0.25, 0.3) is 0 Å². The van der Waals surface area contributed by atoms with Gasteiger partial charge in [-0.1, -0.05) is 23.5 Å². The highest BCUT2D eigenvalue weighted by Crippen LogP contribution is 2.37. The Morgan fingerprint density at radius 2 is 1.74 bits per heavy atom. The summed E-state index contributed by atoms with van der Waals surface area (Å²) >= 11 is 7.23. The van der Waals surface area contributed by atoms with E-state index in [1.165, 1.54) is 0 Å². The molecule has 3 aromatic rings. The van der Waals surface area contributed by atoms with Gasteiger partial charge in [-0.05, 0) is 31.2 Å². The number of imidazole rings is 1. The number of hydrogen-bond acceptors (Lipinski definition) is 7. The van der Waals surface area contributed by atoms with Gasteiger partial charge < -0.3 is 9.88 Å². The molecule has 7 nitrogen and oxygen atoms in total. The molecular weight excluding hydrogens is 520 g/mol. The van der Waals surface area contributed by atoms with E-state index >= 15 is 0 Å². The summed E-state index contributed by atoms with van der Waals surface area (Å²) in [4.78, 5) is 15.1. The zero-order valence-corrected chi connectivity index (χ0v) is 19.6. The van der Waals surface area contributed by atoms with Crippen LogP contribution in [-0.2, 0) is 12.4 Å². The average Bonchev–Trinajstić information content (AvgIpc) is 3.28. The Labute approximate surface area is 205 Å². The third-order valence-corrected chi connectivity index (χ3v) is 6.44. The van der Waals surface area contributed by atoms with E-state index in [0.717, 1.165) is 55.2 Å². The average molecular weight is 538 g/mol. The second-order valence-corrected chi connectivity index (χ2v) is 8.92. The molecule has 1 aliphatic heterocycles. The van der Waals surface area contributed by atoms with Gasteiger partial charge >= 0.3 is 12.4 Å². The molecule has 3 aromatic heterocycles. The Balaban J connectivity index is 1.69. The number of nitrogens with zero attached hydrogens (tertiary/aromatic N) is 6. The molecule has 1 fully saturated rings. The minimum atomic E-state index is -4.85. The summed E-state index contributed by atoms with van der Waals surface area (Å²) in [6.07, 6.45) is -3.55. The molecule has 1 N–H and O–H groups in total. The molecule has 4 heterocycles. The van der Waals surface area contributed by atoms with E-state index in [1.54, 1.807) is 11.9 Å². The Morgan fingerprint density at radius 3 is 2.37 bits per heavy atom. The SMILES string of the molecule is CSN1CCC(Nc2ncc(C(F)(F)F)c(-c3cn(-c4ccc(Cl)nc4C(F)(F)F)cn3)n2)CC1. The van der Waals surface area contributed by atoms with Crippen LogP contribution in [0.1, 0.15) is 24.1 Å². The third-order valence-electron chi connectivity index (χ3n) is 5.35. The van der Waals surface area contributed by atoms with Gasteiger partial charge in [0, 0.05) is 31.5 Å². The first-order valence-corrected chi connectivity index (χ1v) is 11.8. The molecular formula is C20H18ClF6N7S. The Kier molecular flexibility index (Phi) is 7.16. The molecule has 0 radical (unpaired) electrons. The Bertz CT molecular complexity index is 1190. The maximum absolute atomic E-state index is 13.7. The van der Waals surface area contributed by atoms with Crippen LogP contribution < -0.4 is 5.32 Å². The number of aromatic nitrogens is 5. The quantitative estimate of drug-likeness (QED) is 0.259. The minimum Gasteiger partial charge on any atom is -0.351 e. The van der Waals surface area contributed by atoms with Crippen molar-refractivity contribution >= 4 is 29.5 Å². The van der Waals surface area contributed by atoms with E-state index in [2.05, 4.69) is 29.6 Å². The van der Waals surface area contributed by atoms with E-state index in [0.29, 0.717) is 6.20 Å². The molecule has 0 aromatic carbocycles. The fourth-order valence-corrected chi connectivity index (χ4v) is 4.36. The van der Waals surface area contributed by atoms with Gasteiger partial charge in [0.1, 0.15) is 28.4 Å². The van der Waals surface area contributed by atoms with Gasteiger partial charge in [-0.25, -0.2) is 19.9 Å². The van der Waals surface area contributed by atoms with Gasteiger partial charge in [0.15, 0.2) is 5.69 Å². The number of rotatable bonds is 5. The van der Waals surface area contributed by atoms with Crippen LogP contribution >= 0.6 is 23.5 Å². The summed E-state index contributed by atoms with van der Waals surface area (Å²) in [7, 11) is 0. The summed E-state index contributed by atoms with van der Waals surface area (Å²) < 4.78 is 84.5. The number of anilines is 1. The molecule has 0 amide bonds. The van der Waals surface area contributed by atoms with Crippen LogP contribution in [0.5, 0.6) is 0 Å².